The van der Waals surface area contributed by atoms with Gasteiger partial charge in [-0.15, -0.1) is 0 Å². The Morgan fingerprint density at radius 2 is 1.33 bits per heavy atom. The zero-order valence-electron chi connectivity index (χ0n) is 10.4. The number of benzene rings is 2. The van der Waals surface area contributed by atoms with Crippen LogP contribution < -0.4 is 5.32 Å². The predicted octanol–water partition coefficient (Wildman–Crippen LogP) is 5.60. The summed E-state index contributed by atoms with van der Waals surface area (Å²) in [7, 11) is -9.87. The smallest absolute Gasteiger partial charge is 0.312 e. The van der Waals surface area contributed by atoms with Crippen molar-refractivity contribution in [3.63, 3.8) is 0 Å². The summed E-state index contributed by atoms with van der Waals surface area (Å²) in [5.41, 5.74) is -0.903. The van der Waals surface area contributed by atoms with E-state index in [4.69, 9.17) is 0 Å². The highest BCUT2D eigenvalue weighted by atomic mass is 32.5. The van der Waals surface area contributed by atoms with Crippen molar-refractivity contribution >= 4 is 21.8 Å². The molecule has 0 unspecified atom stereocenters. The van der Waals surface area contributed by atoms with E-state index in [1.807, 2.05) is 5.32 Å². The summed E-state index contributed by atoms with van der Waals surface area (Å²) in [5, 5.41) is 1.87. The number of amides is 1. The Kier molecular flexibility index (Phi) is 3.06. The maximum atomic E-state index is 12.9. The number of hydrogen-bond acceptors (Lipinski definition) is 1. The number of halogens is 5. The molecule has 8 heteroatoms. The van der Waals surface area contributed by atoms with Gasteiger partial charge in [0.1, 0.15) is 4.90 Å². The second kappa shape index (κ2) is 4.20. The van der Waals surface area contributed by atoms with Gasteiger partial charge >= 0.3 is 10.2 Å². The summed E-state index contributed by atoms with van der Waals surface area (Å²) < 4.78 is 64.5. The van der Waals surface area contributed by atoms with Crippen LogP contribution in [0.25, 0.3) is 0 Å². The predicted molar refractivity (Wildman–Crippen MR) is 72.2 cm³/mol. The van der Waals surface area contributed by atoms with Crippen LogP contribution in [0.5, 0.6) is 0 Å². The molecule has 21 heavy (non-hydrogen) atoms. The standard InChI is InChI=1S/C13H10F5NOS/c14-21(15,16,17,18)12-9-5-4-8-11(12)19-13(20)10-6-2-1-3-7-10/h1-9H,(H,19,20). The number of rotatable bonds is 3. The summed E-state index contributed by atoms with van der Waals surface area (Å²) in [6.45, 7) is 0. The summed E-state index contributed by atoms with van der Waals surface area (Å²) >= 11 is 0. The largest absolute Gasteiger partial charge is 0.321 e. The third-order valence-corrected chi connectivity index (χ3v) is 3.77. The van der Waals surface area contributed by atoms with Crippen molar-refractivity contribution in [3.8, 4) is 0 Å². The lowest BCUT2D eigenvalue weighted by atomic mass is 10.2. The normalized spacial score (nSPS) is 14.9. The number of hydrogen-bond donors (Lipinski definition) is 1. The van der Waals surface area contributed by atoms with E-state index < -0.39 is 26.7 Å². The Morgan fingerprint density at radius 1 is 0.810 bits per heavy atom. The van der Waals surface area contributed by atoms with Gasteiger partial charge < -0.3 is 5.32 Å². The van der Waals surface area contributed by atoms with E-state index in [0.717, 1.165) is 18.2 Å². The van der Waals surface area contributed by atoms with E-state index in [0.29, 0.717) is 0 Å². The molecule has 2 aromatic rings. The minimum absolute atomic E-state index is 0.0643. The molecule has 0 spiro atoms. The average Bonchev–Trinajstić information content (AvgIpc) is 2.37. The minimum Gasteiger partial charge on any atom is -0.321 e. The van der Waals surface area contributed by atoms with Crippen molar-refractivity contribution in [2.75, 3.05) is 5.32 Å². The molecule has 114 valence electrons. The third kappa shape index (κ3) is 3.72. The van der Waals surface area contributed by atoms with E-state index in [9.17, 15) is 24.2 Å². The molecule has 2 nitrogen and oxygen atoms in total. The molecule has 0 saturated heterocycles. The van der Waals surface area contributed by atoms with Gasteiger partial charge in [0.15, 0.2) is 0 Å². The highest BCUT2D eigenvalue weighted by Crippen LogP contribution is 3.02. The molecule has 0 bridgehead atoms. The van der Waals surface area contributed by atoms with Crippen LogP contribution in [0.2, 0.25) is 0 Å². The maximum Gasteiger partial charge on any atom is 0.312 e. The topological polar surface area (TPSA) is 29.1 Å². The van der Waals surface area contributed by atoms with Crippen LogP contribution in [0, 0.1) is 0 Å². The molecule has 1 amide bonds. The molecule has 0 aliphatic heterocycles. The molecule has 0 fully saturated rings. The molecule has 2 rings (SSSR count). The second-order valence-corrected chi connectivity index (χ2v) is 6.66. The molecule has 0 aliphatic rings. The summed E-state index contributed by atoms with van der Waals surface area (Å²) in [6, 6.07) is 10.3. The van der Waals surface area contributed by atoms with Crippen LogP contribution >= 0.6 is 10.2 Å². The molecule has 0 heterocycles. The van der Waals surface area contributed by atoms with Gasteiger partial charge in [-0.1, -0.05) is 49.8 Å². The fourth-order valence-electron chi connectivity index (χ4n) is 1.69. The van der Waals surface area contributed by atoms with Crippen LogP contribution in [0.15, 0.2) is 59.5 Å². The molecular weight excluding hydrogens is 313 g/mol. The fourth-order valence-corrected chi connectivity index (χ4v) is 2.56. The SMILES string of the molecule is O=C(Nc1ccccc1S(F)(F)(F)(F)F)c1ccccc1. The van der Waals surface area contributed by atoms with Crippen molar-refractivity contribution in [3.05, 3.63) is 60.2 Å². The first-order valence-electron chi connectivity index (χ1n) is 5.67. The summed E-state index contributed by atoms with van der Waals surface area (Å²) in [6.07, 6.45) is 0. The molecule has 1 N–H and O–H groups in total. The highest BCUT2D eigenvalue weighted by Gasteiger charge is 2.66. The first kappa shape index (κ1) is 15.3. The number of carbonyl (C=O) groups is 1. The van der Waals surface area contributed by atoms with Crippen LogP contribution in [0.1, 0.15) is 10.4 Å². The number of anilines is 1. The number of carbonyl (C=O) groups excluding carboxylic acids is 1. The van der Waals surface area contributed by atoms with E-state index in [1.54, 1.807) is 6.07 Å². The summed E-state index contributed by atoms with van der Waals surface area (Å²) in [5.74, 6) is -0.898. The molecule has 0 aliphatic carbocycles. The van der Waals surface area contributed by atoms with Crippen molar-refractivity contribution in [2.45, 2.75) is 4.90 Å². The van der Waals surface area contributed by atoms with E-state index in [-0.39, 0.29) is 11.6 Å². The monoisotopic (exact) mass is 323 g/mol. The highest BCUT2D eigenvalue weighted by molar-refractivity contribution is 8.45. The summed E-state index contributed by atoms with van der Waals surface area (Å²) in [4.78, 5) is 9.68. The third-order valence-electron chi connectivity index (χ3n) is 2.59. The lowest BCUT2D eigenvalue weighted by Crippen LogP contribution is -2.16. The van der Waals surface area contributed by atoms with Gasteiger partial charge in [-0.25, -0.2) is 0 Å². The van der Waals surface area contributed by atoms with Crippen LogP contribution in [0.3, 0.4) is 0 Å². The van der Waals surface area contributed by atoms with Gasteiger partial charge in [0.05, 0.1) is 5.69 Å². The van der Waals surface area contributed by atoms with Crippen LogP contribution in [-0.2, 0) is 0 Å². The molecule has 0 radical (unpaired) electrons. The zero-order valence-corrected chi connectivity index (χ0v) is 11.2. The molecule has 0 aromatic heterocycles. The van der Waals surface area contributed by atoms with Gasteiger partial charge in [-0.3, -0.25) is 4.79 Å². The van der Waals surface area contributed by atoms with Crippen molar-refractivity contribution in [1.29, 1.82) is 0 Å². The van der Waals surface area contributed by atoms with E-state index >= 15 is 0 Å². The van der Waals surface area contributed by atoms with E-state index in [1.165, 1.54) is 24.3 Å². The van der Waals surface area contributed by atoms with Gasteiger partial charge in [0, 0.05) is 5.56 Å². The Morgan fingerprint density at radius 3 is 1.90 bits per heavy atom. The van der Waals surface area contributed by atoms with Crippen molar-refractivity contribution in [1.82, 2.24) is 0 Å². The maximum absolute atomic E-state index is 12.9. The molecule has 2 aromatic carbocycles. The van der Waals surface area contributed by atoms with E-state index in [2.05, 4.69) is 0 Å². The Bertz CT molecular complexity index is 685. The van der Waals surface area contributed by atoms with Gasteiger partial charge in [0.25, 0.3) is 5.91 Å². The van der Waals surface area contributed by atoms with Crippen LogP contribution in [-0.4, -0.2) is 5.91 Å². The minimum atomic E-state index is -9.87. The van der Waals surface area contributed by atoms with Gasteiger partial charge in [-0.2, -0.15) is 0 Å². The fraction of sp³-hybridized carbons (Fsp3) is 0. The average molecular weight is 323 g/mol. The zero-order chi connectivity index (χ0) is 15.8. The molecule has 0 atom stereocenters. The Hall–Kier alpha value is -2.09. The molecular formula is C13H10F5NOS. The van der Waals surface area contributed by atoms with Gasteiger partial charge in [-0.05, 0) is 24.3 Å². The lowest BCUT2D eigenvalue weighted by molar-refractivity contribution is 0.102. The van der Waals surface area contributed by atoms with Crippen molar-refractivity contribution in [2.24, 2.45) is 0 Å². The van der Waals surface area contributed by atoms with Crippen molar-refractivity contribution < 1.29 is 24.2 Å². The second-order valence-electron chi connectivity index (χ2n) is 4.29. The van der Waals surface area contributed by atoms with Gasteiger partial charge in [0.2, 0.25) is 0 Å². The van der Waals surface area contributed by atoms with Crippen LogP contribution in [0.4, 0.5) is 25.1 Å². The Balaban J connectivity index is 2.42. The lowest BCUT2D eigenvalue weighted by Gasteiger charge is -2.41. The first-order valence-corrected chi connectivity index (χ1v) is 7.62. The number of para-hydroxylation sites is 1. The quantitative estimate of drug-likeness (QED) is 0.732. The Labute approximate surface area is 117 Å². The number of nitrogens with one attached hydrogen (secondary N) is 1. The first-order chi connectivity index (χ1) is 9.47. The molecule has 0 saturated carbocycles.